The lowest BCUT2D eigenvalue weighted by atomic mass is 9.88. The number of thioether (sulfide) groups is 1. The van der Waals surface area contributed by atoms with Crippen LogP contribution in [0, 0.1) is 5.92 Å². The number of carbonyl (C=O) groups excluding carboxylic acids is 2. The Balaban J connectivity index is 4.66. The van der Waals surface area contributed by atoms with Crippen molar-refractivity contribution in [2.75, 3.05) is 0 Å². The molecule has 0 aliphatic heterocycles. The fourth-order valence-electron chi connectivity index (χ4n) is 0.925. The molecule has 2 atom stereocenters. The Kier molecular flexibility index (Phi) is 4.55. The Bertz CT molecular complexity index is 263. The minimum absolute atomic E-state index is 0.150. The first-order valence-corrected chi connectivity index (χ1v) is 5.76. The highest BCUT2D eigenvalue weighted by Crippen LogP contribution is 2.31. The Labute approximate surface area is 95.6 Å². The number of aliphatic hydroxyl groups is 1. The molecule has 0 aromatic carbocycles. The molecule has 0 fully saturated rings. The van der Waals surface area contributed by atoms with Gasteiger partial charge in [0.15, 0.2) is 10.9 Å². The lowest BCUT2D eigenvalue weighted by Gasteiger charge is -2.28. The molecule has 4 heteroatoms. The third kappa shape index (κ3) is 4.34. The summed E-state index contributed by atoms with van der Waals surface area (Å²) in [5.41, 5.74) is -1.56. The van der Waals surface area contributed by atoms with E-state index in [0.717, 1.165) is 11.8 Å². The molecule has 0 spiro atoms. The van der Waals surface area contributed by atoms with Crippen molar-refractivity contribution in [1.82, 2.24) is 0 Å². The number of ketones is 1. The topological polar surface area (TPSA) is 54.4 Å². The minimum atomic E-state index is -1.56. The van der Waals surface area contributed by atoms with Gasteiger partial charge in [-0.1, -0.05) is 39.5 Å². The van der Waals surface area contributed by atoms with Crippen LogP contribution in [0.4, 0.5) is 0 Å². The van der Waals surface area contributed by atoms with Crippen molar-refractivity contribution in [3.8, 4) is 0 Å². The zero-order valence-corrected chi connectivity index (χ0v) is 11.1. The highest BCUT2D eigenvalue weighted by atomic mass is 32.2. The van der Waals surface area contributed by atoms with Crippen molar-refractivity contribution in [2.45, 2.75) is 51.9 Å². The highest BCUT2D eigenvalue weighted by molar-refractivity contribution is 8.14. The maximum absolute atomic E-state index is 11.8. The van der Waals surface area contributed by atoms with Crippen molar-refractivity contribution in [3.05, 3.63) is 0 Å². The summed E-state index contributed by atoms with van der Waals surface area (Å²) in [5.74, 6) is -1.06. The predicted octanol–water partition coefficient (Wildman–Crippen LogP) is 2.02. The number of rotatable bonds is 3. The van der Waals surface area contributed by atoms with Crippen molar-refractivity contribution in [2.24, 2.45) is 5.92 Å². The van der Waals surface area contributed by atoms with Gasteiger partial charge in [0.25, 0.3) is 0 Å². The molecule has 0 rings (SSSR count). The van der Waals surface area contributed by atoms with Gasteiger partial charge in [0, 0.05) is 4.75 Å². The van der Waals surface area contributed by atoms with Crippen molar-refractivity contribution in [3.63, 3.8) is 0 Å². The van der Waals surface area contributed by atoms with Gasteiger partial charge in [-0.3, -0.25) is 9.59 Å². The third-order valence-electron chi connectivity index (χ3n) is 2.32. The molecule has 1 N–H and O–H groups in total. The van der Waals surface area contributed by atoms with E-state index in [1.807, 2.05) is 20.8 Å². The Morgan fingerprint density at radius 3 is 1.87 bits per heavy atom. The summed E-state index contributed by atoms with van der Waals surface area (Å²) < 4.78 is -0.196. The highest BCUT2D eigenvalue weighted by Gasteiger charge is 2.39. The van der Waals surface area contributed by atoms with E-state index in [0.29, 0.717) is 0 Å². The van der Waals surface area contributed by atoms with Crippen LogP contribution in [0.3, 0.4) is 0 Å². The zero-order chi connectivity index (χ0) is 12.4. The van der Waals surface area contributed by atoms with E-state index in [9.17, 15) is 14.7 Å². The Morgan fingerprint density at radius 1 is 1.20 bits per heavy atom. The van der Waals surface area contributed by atoms with Crippen LogP contribution in [0.15, 0.2) is 0 Å². The molecule has 0 aromatic rings. The summed E-state index contributed by atoms with van der Waals surface area (Å²) in [7, 11) is 0. The molecule has 0 saturated heterocycles. The number of Topliss-reactive ketones (excluding diaryl/α,β-unsaturated/α-hetero) is 1. The van der Waals surface area contributed by atoms with E-state index in [2.05, 4.69) is 0 Å². The van der Waals surface area contributed by atoms with Gasteiger partial charge >= 0.3 is 0 Å². The van der Waals surface area contributed by atoms with Crippen LogP contribution < -0.4 is 0 Å². The molecule has 0 unspecified atom stereocenters. The molecule has 0 amide bonds. The van der Waals surface area contributed by atoms with Crippen LogP contribution in [-0.4, -0.2) is 26.4 Å². The predicted molar refractivity (Wildman–Crippen MR) is 62.8 cm³/mol. The second-order valence-electron chi connectivity index (χ2n) is 4.96. The number of hydrogen-bond acceptors (Lipinski definition) is 4. The molecule has 0 saturated carbocycles. The maximum atomic E-state index is 11.8. The fraction of sp³-hybridized carbons (Fsp3) is 0.818. The molecule has 0 aliphatic rings. The molecule has 0 aromatic heterocycles. The van der Waals surface area contributed by atoms with Gasteiger partial charge in [-0.25, -0.2) is 0 Å². The van der Waals surface area contributed by atoms with Crippen molar-refractivity contribution in [1.29, 1.82) is 0 Å². The van der Waals surface area contributed by atoms with E-state index in [-0.39, 0.29) is 15.6 Å². The summed E-state index contributed by atoms with van der Waals surface area (Å²) in [6.45, 7) is 10.0. The van der Waals surface area contributed by atoms with E-state index in [1.165, 1.54) is 13.8 Å². The van der Waals surface area contributed by atoms with Gasteiger partial charge in [-0.05, 0) is 13.8 Å². The molecule has 15 heavy (non-hydrogen) atoms. The largest absolute Gasteiger partial charge is 0.382 e. The van der Waals surface area contributed by atoms with Gasteiger partial charge in [0.2, 0.25) is 0 Å². The van der Waals surface area contributed by atoms with Crippen molar-refractivity contribution < 1.29 is 14.7 Å². The maximum Gasteiger partial charge on any atom is 0.195 e. The molecule has 0 heterocycles. The van der Waals surface area contributed by atoms with E-state index in [1.54, 1.807) is 6.92 Å². The van der Waals surface area contributed by atoms with E-state index < -0.39 is 11.5 Å². The first-order valence-electron chi connectivity index (χ1n) is 4.94. The van der Waals surface area contributed by atoms with Crippen LogP contribution >= 0.6 is 11.8 Å². The summed E-state index contributed by atoms with van der Waals surface area (Å²) in [6, 6.07) is 0. The molecule has 3 nitrogen and oxygen atoms in total. The summed E-state index contributed by atoms with van der Waals surface area (Å²) >= 11 is 1.16. The lowest BCUT2D eigenvalue weighted by Crippen LogP contribution is -2.43. The zero-order valence-electron chi connectivity index (χ0n) is 10.2. The SMILES string of the molecule is CC(=O)[C@@](C)(O)[C@H](C)C(=O)SC(C)(C)C. The summed E-state index contributed by atoms with van der Waals surface area (Å²) in [4.78, 5) is 22.9. The van der Waals surface area contributed by atoms with Gasteiger partial charge in [-0.2, -0.15) is 0 Å². The second kappa shape index (κ2) is 4.66. The van der Waals surface area contributed by atoms with Crippen LogP contribution in [0.5, 0.6) is 0 Å². The van der Waals surface area contributed by atoms with Gasteiger partial charge in [0.1, 0.15) is 5.60 Å². The minimum Gasteiger partial charge on any atom is -0.382 e. The first-order chi connectivity index (χ1) is 6.48. The van der Waals surface area contributed by atoms with E-state index in [4.69, 9.17) is 0 Å². The smallest absolute Gasteiger partial charge is 0.195 e. The molecule has 88 valence electrons. The van der Waals surface area contributed by atoms with Crippen LogP contribution in [0.2, 0.25) is 0 Å². The lowest BCUT2D eigenvalue weighted by molar-refractivity contribution is -0.142. The average molecular weight is 232 g/mol. The monoisotopic (exact) mass is 232 g/mol. The first kappa shape index (κ1) is 14.6. The number of hydrogen-bond donors (Lipinski definition) is 1. The standard InChI is InChI=1S/C11H20O3S/c1-7(11(6,14)8(2)12)9(13)15-10(3,4)5/h7,14H,1-6H3/t7-,11+/m1/s1. The second-order valence-corrected chi connectivity index (χ2v) is 6.79. The van der Waals surface area contributed by atoms with Crippen molar-refractivity contribution >= 4 is 22.7 Å². The molecule has 0 bridgehead atoms. The van der Waals surface area contributed by atoms with Crippen LogP contribution in [0.1, 0.15) is 41.5 Å². The fourth-order valence-corrected chi connectivity index (χ4v) is 1.93. The molecular formula is C11H20O3S. The van der Waals surface area contributed by atoms with Gasteiger partial charge in [0.05, 0.1) is 5.92 Å². The van der Waals surface area contributed by atoms with Crippen LogP contribution in [0.25, 0.3) is 0 Å². The molecule has 0 radical (unpaired) electrons. The van der Waals surface area contributed by atoms with Gasteiger partial charge in [-0.15, -0.1) is 0 Å². The number of carbonyl (C=O) groups is 2. The Hall–Kier alpha value is -0.350. The third-order valence-corrected chi connectivity index (χ3v) is 3.48. The quantitative estimate of drug-likeness (QED) is 0.809. The molecular weight excluding hydrogens is 212 g/mol. The average Bonchev–Trinajstić information content (AvgIpc) is 1.99. The summed E-state index contributed by atoms with van der Waals surface area (Å²) in [5, 5.41) is 9.69. The van der Waals surface area contributed by atoms with Gasteiger partial charge < -0.3 is 5.11 Å². The van der Waals surface area contributed by atoms with Crippen LogP contribution in [-0.2, 0) is 9.59 Å². The summed E-state index contributed by atoms with van der Waals surface area (Å²) in [6.07, 6.45) is 0. The van der Waals surface area contributed by atoms with E-state index >= 15 is 0 Å². The Morgan fingerprint density at radius 2 is 1.60 bits per heavy atom. The normalized spacial score (nSPS) is 18.1. The molecule has 0 aliphatic carbocycles.